The third-order valence-electron chi connectivity index (χ3n) is 3.44. The molecule has 106 valence electrons. The molecule has 4 heteroatoms. The molecule has 0 atom stereocenters. The van der Waals surface area contributed by atoms with Gasteiger partial charge in [-0.3, -0.25) is 9.59 Å². The minimum absolute atomic E-state index is 0.233. The Morgan fingerprint density at radius 1 is 1.05 bits per heavy atom. The second kappa shape index (κ2) is 6.89. The summed E-state index contributed by atoms with van der Waals surface area (Å²) in [5, 5.41) is 0. The molecule has 2 heterocycles. The fourth-order valence-corrected chi connectivity index (χ4v) is 2.25. The fourth-order valence-electron chi connectivity index (χ4n) is 2.25. The van der Waals surface area contributed by atoms with E-state index in [1.165, 1.54) is 0 Å². The number of rotatable bonds is 3. The molecule has 1 aromatic rings. The van der Waals surface area contributed by atoms with Crippen LogP contribution in [0.4, 0.5) is 5.69 Å². The molecule has 2 aliphatic heterocycles. The second-order valence-electron chi connectivity index (χ2n) is 4.86. The zero-order valence-corrected chi connectivity index (χ0v) is 11.6. The summed E-state index contributed by atoms with van der Waals surface area (Å²) in [6, 6.07) is 9.75. The zero-order valence-electron chi connectivity index (χ0n) is 11.6. The third kappa shape index (κ3) is 3.47. The molecule has 0 spiro atoms. The summed E-state index contributed by atoms with van der Waals surface area (Å²) in [4.78, 5) is 25.4. The first-order chi connectivity index (χ1) is 9.72. The van der Waals surface area contributed by atoms with Crippen molar-refractivity contribution in [2.75, 3.05) is 24.5 Å². The van der Waals surface area contributed by atoms with Crippen LogP contribution in [-0.4, -0.2) is 36.3 Å². The van der Waals surface area contributed by atoms with E-state index in [1.807, 2.05) is 35.2 Å². The molecule has 3 rings (SSSR count). The van der Waals surface area contributed by atoms with Crippen LogP contribution < -0.4 is 4.90 Å². The number of benzene rings is 1. The molecule has 0 N–H and O–H groups in total. The van der Waals surface area contributed by atoms with E-state index in [9.17, 15) is 9.59 Å². The van der Waals surface area contributed by atoms with E-state index in [2.05, 4.69) is 6.58 Å². The molecule has 1 aromatic carbocycles. The largest absolute Gasteiger partial charge is 0.339 e. The minimum atomic E-state index is 0.233. The van der Waals surface area contributed by atoms with Crippen molar-refractivity contribution in [3.63, 3.8) is 0 Å². The normalized spacial score (nSPS) is 17.4. The number of amides is 2. The number of anilines is 1. The van der Waals surface area contributed by atoms with Crippen LogP contribution in [0.1, 0.15) is 19.3 Å². The molecule has 0 saturated carbocycles. The highest BCUT2D eigenvalue weighted by molar-refractivity contribution is 5.99. The zero-order chi connectivity index (χ0) is 14.4. The van der Waals surface area contributed by atoms with Gasteiger partial charge in [0.15, 0.2) is 0 Å². The van der Waals surface area contributed by atoms with E-state index in [4.69, 9.17) is 0 Å². The predicted molar refractivity (Wildman–Crippen MR) is 79.4 cm³/mol. The molecule has 0 aliphatic carbocycles. The first kappa shape index (κ1) is 14.3. The lowest BCUT2D eigenvalue weighted by molar-refractivity contribution is -0.127. The Labute approximate surface area is 119 Å². The van der Waals surface area contributed by atoms with Gasteiger partial charge in [-0.05, 0) is 18.6 Å². The molecule has 2 saturated heterocycles. The van der Waals surface area contributed by atoms with Gasteiger partial charge >= 0.3 is 0 Å². The Morgan fingerprint density at radius 2 is 1.80 bits per heavy atom. The van der Waals surface area contributed by atoms with Crippen LogP contribution in [0, 0.1) is 0 Å². The summed E-state index contributed by atoms with van der Waals surface area (Å²) in [6.45, 7) is 6.09. The predicted octanol–water partition coefficient (Wildman–Crippen LogP) is 2.22. The van der Waals surface area contributed by atoms with E-state index < -0.39 is 0 Å². The van der Waals surface area contributed by atoms with Crippen molar-refractivity contribution in [1.82, 2.24) is 4.90 Å². The molecule has 0 radical (unpaired) electrons. The highest BCUT2D eigenvalue weighted by atomic mass is 16.2. The van der Waals surface area contributed by atoms with Crippen molar-refractivity contribution in [1.29, 1.82) is 0 Å². The van der Waals surface area contributed by atoms with Crippen LogP contribution >= 0.6 is 0 Å². The summed E-state index contributed by atoms with van der Waals surface area (Å²) in [6.07, 6.45) is 4.22. The summed E-state index contributed by atoms with van der Waals surface area (Å²) >= 11 is 0. The topological polar surface area (TPSA) is 40.6 Å². The number of carbonyl (C=O) groups is 2. The van der Waals surface area contributed by atoms with Crippen LogP contribution in [0.5, 0.6) is 0 Å². The highest BCUT2D eigenvalue weighted by Crippen LogP contribution is 2.20. The molecular weight excluding hydrogens is 252 g/mol. The SMILES string of the molecule is C=CCN1CCCC1=O.O=C1CCN1c1ccccc1. The molecule has 0 unspecified atom stereocenters. The minimum Gasteiger partial charge on any atom is -0.339 e. The van der Waals surface area contributed by atoms with Crippen LogP contribution in [0.25, 0.3) is 0 Å². The Hall–Kier alpha value is -2.10. The monoisotopic (exact) mass is 272 g/mol. The number of β-lactam (4-membered cyclic amide) rings is 1. The Kier molecular flexibility index (Phi) is 4.93. The quantitative estimate of drug-likeness (QED) is 0.625. The lowest BCUT2D eigenvalue weighted by Crippen LogP contribution is -2.43. The Morgan fingerprint density at radius 3 is 2.25 bits per heavy atom. The van der Waals surface area contributed by atoms with Crippen molar-refractivity contribution in [3.8, 4) is 0 Å². The smallest absolute Gasteiger partial charge is 0.228 e. The molecule has 2 fully saturated rings. The van der Waals surface area contributed by atoms with Gasteiger partial charge in [-0.25, -0.2) is 0 Å². The average molecular weight is 272 g/mol. The highest BCUT2D eigenvalue weighted by Gasteiger charge is 2.24. The molecular formula is C16H20N2O2. The Balaban J connectivity index is 0.000000151. The standard InChI is InChI=1S/C9H9NO.C7H11NO/c11-9-6-7-10(9)8-4-2-1-3-5-8;1-2-5-8-6-3-4-7(8)9/h1-5H,6-7H2;2H,1,3-6H2. The summed E-state index contributed by atoms with van der Waals surface area (Å²) in [5.74, 6) is 0.506. The van der Waals surface area contributed by atoms with Crippen molar-refractivity contribution in [2.45, 2.75) is 19.3 Å². The fraction of sp³-hybridized carbons (Fsp3) is 0.375. The summed E-state index contributed by atoms with van der Waals surface area (Å²) in [5.41, 5.74) is 1.02. The third-order valence-corrected chi connectivity index (χ3v) is 3.44. The number of nitrogens with zero attached hydrogens (tertiary/aromatic N) is 2. The van der Waals surface area contributed by atoms with E-state index >= 15 is 0 Å². The number of carbonyl (C=O) groups excluding carboxylic acids is 2. The van der Waals surface area contributed by atoms with E-state index in [0.29, 0.717) is 6.42 Å². The number of likely N-dealkylation sites (tertiary alicyclic amines) is 1. The number of hydrogen-bond acceptors (Lipinski definition) is 2. The van der Waals surface area contributed by atoms with Gasteiger partial charge in [-0.1, -0.05) is 24.3 Å². The van der Waals surface area contributed by atoms with Crippen molar-refractivity contribution >= 4 is 17.5 Å². The second-order valence-corrected chi connectivity index (χ2v) is 4.86. The average Bonchev–Trinajstić information content (AvgIpc) is 2.85. The molecule has 20 heavy (non-hydrogen) atoms. The molecule has 2 aliphatic rings. The molecule has 4 nitrogen and oxygen atoms in total. The molecule has 0 aromatic heterocycles. The number of para-hydroxylation sites is 1. The van der Waals surface area contributed by atoms with Gasteiger partial charge in [0.25, 0.3) is 0 Å². The molecule has 0 bridgehead atoms. The van der Waals surface area contributed by atoms with Gasteiger partial charge in [0, 0.05) is 38.2 Å². The van der Waals surface area contributed by atoms with Gasteiger partial charge in [0.1, 0.15) is 0 Å². The van der Waals surface area contributed by atoms with Crippen LogP contribution in [-0.2, 0) is 9.59 Å². The van der Waals surface area contributed by atoms with Crippen molar-refractivity contribution < 1.29 is 9.59 Å². The summed E-state index contributed by atoms with van der Waals surface area (Å²) in [7, 11) is 0. The Bertz CT molecular complexity index is 485. The summed E-state index contributed by atoms with van der Waals surface area (Å²) < 4.78 is 0. The lowest BCUT2D eigenvalue weighted by Gasteiger charge is -2.30. The van der Waals surface area contributed by atoms with Gasteiger partial charge in [-0.15, -0.1) is 6.58 Å². The van der Waals surface area contributed by atoms with Gasteiger partial charge in [0.2, 0.25) is 11.8 Å². The van der Waals surface area contributed by atoms with Crippen LogP contribution in [0.15, 0.2) is 43.0 Å². The van der Waals surface area contributed by atoms with Crippen LogP contribution in [0.3, 0.4) is 0 Å². The van der Waals surface area contributed by atoms with Gasteiger partial charge < -0.3 is 9.80 Å². The maximum Gasteiger partial charge on any atom is 0.228 e. The van der Waals surface area contributed by atoms with E-state index in [-0.39, 0.29) is 11.8 Å². The van der Waals surface area contributed by atoms with Crippen molar-refractivity contribution in [2.24, 2.45) is 0 Å². The molecule has 2 amide bonds. The van der Waals surface area contributed by atoms with Crippen molar-refractivity contribution in [3.05, 3.63) is 43.0 Å². The lowest BCUT2D eigenvalue weighted by atomic mass is 10.1. The first-order valence-electron chi connectivity index (χ1n) is 6.96. The first-order valence-corrected chi connectivity index (χ1v) is 6.96. The van der Waals surface area contributed by atoms with E-state index in [0.717, 1.165) is 38.2 Å². The maximum atomic E-state index is 11.0. The van der Waals surface area contributed by atoms with Crippen LogP contribution in [0.2, 0.25) is 0 Å². The van der Waals surface area contributed by atoms with Gasteiger partial charge in [0.05, 0.1) is 0 Å². The number of hydrogen-bond donors (Lipinski definition) is 0. The maximum absolute atomic E-state index is 11.0. The van der Waals surface area contributed by atoms with Gasteiger partial charge in [-0.2, -0.15) is 0 Å². The van der Waals surface area contributed by atoms with E-state index in [1.54, 1.807) is 11.0 Å².